The van der Waals surface area contributed by atoms with E-state index >= 15 is 0 Å². The van der Waals surface area contributed by atoms with E-state index in [9.17, 15) is 4.79 Å². The first kappa shape index (κ1) is 16.4. The zero-order valence-corrected chi connectivity index (χ0v) is 15.5. The maximum atomic E-state index is 12.1. The third-order valence-corrected chi connectivity index (χ3v) is 7.01. The lowest BCUT2D eigenvalue weighted by Gasteiger charge is -2.48. The second-order valence-electron chi connectivity index (χ2n) is 8.64. The molecule has 1 unspecified atom stereocenters. The Balaban J connectivity index is 1.57. The van der Waals surface area contributed by atoms with Crippen molar-refractivity contribution in [3.05, 3.63) is 11.1 Å². The highest BCUT2D eigenvalue weighted by atomic mass is 16.6. The van der Waals surface area contributed by atoms with E-state index in [4.69, 9.17) is 4.74 Å². The van der Waals surface area contributed by atoms with Crippen LogP contribution in [0.4, 0.5) is 4.79 Å². The Labute approximate surface area is 146 Å². The summed E-state index contributed by atoms with van der Waals surface area (Å²) in [6, 6.07) is 0.762. The molecule has 0 aromatic rings. The largest absolute Gasteiger partial charge is 0.442 e. The van der Waals surface area contributed by atoms with Crippen LogP contribution in [-0.2, 0) is 4.74 Å². The van der Waals surface area contributed by atoms with Gasteiger partial charge in [-0.15, -0.1) is 0 Å². The Kier molecular flexibility index (Phi) is 4.14. The standard InChI is InChI=1S/C20H32N2O2/c1-4-9-22-10-8-15-12-20(15)13-16-14(11-18(20)22)6-5-7-17(16)24-19(23)21(2)3/h15,17-18H,4-13H2,1-3H3/t15-,17-,18-,20?/m1/s1. The number of piperidine rings is 1. The maximum Gasteiger partial charge on any atom is 0.409 e. The van der Waals surface area contributed by atoms with Gasteiger partial charge in [-0.1, -0.05) is 12.5 Å². The normalized spacial score (nSPS) is 38.0. The molecular formula is C20H32N2O2. The number of nitrogens with zero attached hydrogens (tertiary/aromatic N) is 2. The van der Waals surface area contributed by atoms with Gasteiger partial charge in [-0.05, 0) is 81.4 Å². The van der Waals surface area contributed by atoms with Crippen molar-refractivity contribution in [3.63, 3.8) is 0 Å². The maximum absolute atomic E-state index is 12.1. The van der Waals surface area contributed by atoms with Gasteiger partial charge in [0.1, 0.15) is 6.10 Å². The number of hydrogen-bond acceptors (Lipinski definition) is 3. The molecule has 4 rings (SSSR count). The van der Waals surface area contributed by atoms with Gasteiger partial charge in [0.15, 0.2) is 0 Å². The fourth-order valence-electron chi connectivity index (χ4n) is 5.74. The molecule has 2 fully saturated rings. The first-order valence-electron chi connectivity index (χ1n) is 9.88. The SMILES string of the molecule is CCCN1CC[C@@H]2CC23CC2=C(CCC[C@H]2OC(=O)N(C)C)C[C@@H]13. The van der Waals surface area contributed by atoms with Gasteiger partial charge in [-0.25, -0.2) is 4.79 Å². The molecule has 1 saturated heterocycles. The number of ether oxygens (including phenoxy) is 1. The summed E-state index contributed by atoms with van der Waals surface area (Å²) in [6.45, 7) is 4.85. The van der Waals surface area contributed by atoms with E-state index in [2.05, 4.69) is 11.8 Å². The van der Waals surface area contributed by atoms with Crippen LogP contribution in [0.2, 0.25) is 0 Å². The predicted octanol–water partition coefficient (Wildman–Crippen LogP) is 3.82. The lowest BCUT2D eigenvalue weighted by molar-refractivity contribution is 0.0479. The summed E-state index contributed by atoms with van der Waals surface area (Å²) in [4.78, 5) is 16.4. The average Bonchev–Trinajstić information content (AvgIpc) is 3.27. The molecule has 0 bridgehead atoms. The molecule has 3 aliphatic carbocycles. The molecule has 134 valence electrons. The summed E-state index contributed by atoms with van der Waals surface area (Å²) in [7, 11) is 3.55. The van der Waals surface area contributed by atoms with Gasteiger partial charge >= 0.3 is 6.09 Å². The van der Waals surface area contributed by atoms with Crippen molar-refractivity contribution in [2.45, 2.75) is 70.4 Å². The van der Waals surface area contributed by atoms with Crippen LogP contribution >= 0.6 is 0 Å². The summed E-state index contributed by atoms with van der Waals surface area (Å²) in [5.41, 5.74) is 3.66. The highest BCUT2D eigenvalue weighted by molar-refractivity contribution is 5.67. The van der Waals surface area contributed by atoms with Crippen LogP contribution in [0.25, 0.3) is 0 Å². The average molecular weight is 332 g/mol. The topological polar surface area (TPSA) is 32.8 Å². The van der Waals surface area contributed by atoms with Crippen LogP contribution in [0.3, 0.4) is 0 Å². The number of amides is 1. The zero-order valence-electron chi connectivity index (χ0n) is 15.5. The molecular weight excluding hydrogens is 300 g/mol. The molecule has 1 amide bonds. The quantitative estimate of drug-likeness (QED) is 0.737. The van der Waals surface area contributed by atoms with Gasteiger partial charge in [0.2, 0.25) is 0 Å². The van der Waals surface area contributed by atoms with E-state index in [1.807, 2.05) is 0 Å². The summed E-state index contributed by atoms with van der Waals surface area (Å²) in [5.74, 6) is 0.928. The minimum atomic E-state index is -0.183. The van der Waals surface area contributed by atoms with Crippen molar-refractivity contribution in [1.29, 1.82) is 0 Å². The molecule has 4 nitrogen and oxygen atoms in total. The molecule has 24 heavy (non-hydrogen) atoms. The zero-order chi connectivity index (χ0) is 16.9. The highest BCUT2D eigenvalue weighted by Gasteiger charge is 2.64. The lowest BCUT2D eigenvalue weighted by atomic mass is 9.69. The van der Waals surface area contributed by atoms with Crippen molar-refractivity contribution in [1.82, 2.24) is 9.80 Å². The summed E-state index contributed by atoms with van der Waals surface area (Å²) in [5, 5.41) is 0. The molecule has 0 radical (unpaired) electrons. The number of rotatable bonds is 3. The van der Waals surface area contributed by atoms with Gasteiger partial charge in [-0.3, -0.25) is 4.90 Å². The highest BCUT2D eigenvalue weighted by Crippen LogP contribution is 2.67. The Morgan fingerprint density at radius 2 is 2.21 bits per heavy atom. The molecule has 0 N–H and O–H groups in total. The molecule has 4 atom stereocenters. The van der Waals surface area contributed by atoms with Crippen molar-refractivity contribution < 1.29 is 9.53 Å². The Hall–Kier alpha value is -1.03. The van der Waals surface area contributed by atoms with Crippen LogP contribution in [0.5, 0.6) is 0 Å². The van der Waals surface area contributed by atoms with Gasteiger partial charge in [-0.2, -0.15) is 0 Å². The number of carbonyl (C=O) groups is 1. The molecule has 1 aliphatic heterocycles. The van der Waals surface area contributed by atoms with Crippen molar-refractivity contribution in [2.75, 3.05) is 27.2 Å². The van der Waals surface area contributed by atoms with Crippen molar-refractivity contribution in [2.24, 2.45) is 11.3 Å². The molecule has 0 aromatic carbocycles. The second-order valence-corrected chi connectivity index (χ2v) is 8.64. The van der Waals surface area contributed by atoms with Crippen molar-refractivity contribution in [3.8, 4) is 0 Å². The number of likely N-dealkylation sites (tertiary alicyclic amines) is 1. The Morgan fingerprint density at radius 3 is 2.96 bits per heavy atom. The monoisotopic (exact) mass is 332 g/mol. The first-order chi connectivity index (χ1) is 11.5. The fourth-order valence-corrected chi connectivity index (χ4v) is 5.74. The summed E-state index contributed by atoms with van der Waals surface area (Å²) >= 11 is 0. The molecule has 4 aliphatic rings. The van der Waals surface area contributed by atoms with Crippen LogP contribution in [0.15, 0.2) is 11.1 Å². The first-order valence-corrected chi connectivity index (χ1v) is 9.88. The van der Waals surface area contributed by atoms with E-state index in [0.29, 0.717) is 5.41 Å². The van der Waals surface area contributed by atoms with E-state index in [0.717, 1.165) is 18.4 Å². The van der Waals surface area contributed by atoms with Gasteiger partial charge < -0.3 is 9.64 Å². The fraction of sp³-hybridized carbons (Fsp3) is 0.850. The van der Waals surface area contributed by atoms with Gasteiger partial charge in [0.05, 0.1) is 0 Å². The molecule has 4 heteroatoms. The van der Waals surface area contributed by atoms with Crippen LogP contribution in [0, 0.1) is 11.3 Å². The van der Waals surface area contributed by atoms with E-state index in [1.165, 1.54) is 63.6 Å². The van der Waals surface area contributed by atoms with E-state index in [-0.39, 0.29) is 12.2 Å². The number of hydrogen-bond donors (Lipinski definition) is 0. The van der Waals surface area contributed by atoms with Gasteiger partial charge in [0, 0.05) is 20.1 Å². The minimum absolute atomic E-state index is 0.0433. The minimum Gasteiger partial charge on any atom is -0.442 e. The van der Waals surface area contributed by atoms with E-state index in [1.54, 1.807) is 24.6 Å². The predicted molar refractivity (Wildman–Crippen MR) is 94.9 cm³/mol. The summed E-state index contributed by atoms with van der Waals surface area (Å²) in [6.07, 6.45) is 9.74. The Morgan fingerprint density at radius 1 is 1.38 bits per heavy atom. The van der Waals surface area contributed by atoms with Gasteiger partial charge in [0.25, 0.3) is 0 Å². The van der Waals surface area contributed by atoms with Crippen LogP contribution < -0.4 is 0 Å². The second kappa shape index (κ2) is 6.05. The number of carbonyl (C=O) groups excluding carboxylic acids is 1. The van der Waals surface area contributed by atoms with E-state index < -0.39 is 0 Å². The van der Waals surface area contributed by atoms with Crippen LogP contribution in [0.1, 0.15) is 58.3 Å². The summed E-state index contributed by atoms with van der Waals surface area (Å²) < 4.78 is 5.86. The molecule has 1 saturated carbocycles. The Bertz CT molecular complexity index is 556. The smallest absolute Gasteiger partial charge is 0.409 e. The molecule has 1 heterocycles. The van der Waals surface area contributed by atoms with Crippen molar-refractivity contribution >= 4 is 6.09 Å². The molecule has 1 spiro atoms. The third kappa shape index (κ3) is 2.58. The van der Waals surface area contributed by atoms with Crippen LogP contribution in [-0.4, -0.2) is 55.2 Å². The lowest BCUT2D eigenvalue weighted by Crippen LogP contribution is -2.50. The molecule has 0 aromatic heterocycles. The third-order valence-electron chi connectivity index (χ3n) is 7.01.